The molecule has 1 heterocycles. The molecule has 2 aromatic carbocycles. The first-order chi connectivity index (χ1) is 14.1. The van der Waals surface area contributed by atoms with E-state index in [4.69, 9.17) is 4.74 Å². The van der Waals surface area contributed by atoms with Crippen molar-refractivity contribution < 1.29 is 35.9 Å². The van der Waals surface area contributed by atoms with Gasteiger partial charge in [0.05, 0.1) is 11.0 Å². The maximum absolute atomic E-state index is 12.5. The molecule has 2 N–H and O–H groups in total. The number of carbonyl (C=O) groups excluding carboxylic acids is 1. The highest BCUT2D eigenvalue weighted by atomic mass is 32.2. The van der Waals surface area contributed by atoms with Crippen molar-refractivity contribution in [3.05, 3.63) is 54.1 Å². The monoisotopic (exact) mass is 444 g/mol. The average Bonchev–Trinajstić information content (AvgIpc) is 3.21. The molecular weight excluding hydrogens is 425 g/mol. The van der Waals surface area contributed by atoms with E-state index in [1.54, 1.807) is 0 Å². The summed E-state index contributed by atoms with van der Waals surface area (Å²) in [6.45, 7) is 0.746. The number of hydrogen-bond donors (Lipinski definition) is 2. The van der Waals surface area contributed by atoms with Gasteiger partial charge in [-0.05, 0) is 55.3 Å². The van der Waals surface area contributed by atoms with E-state index in [2.05, 4.69) is 14.8 Å². The zero-order valence-electron chi connectivity index (χ0n) is 15.6. The van der Waals surface area contributed by atoms with Gasteiger partial charge >= 0.3 is 6.36 Å². The summed E-state index contributed by atoms with van der Waals surface area (Å²) in [4.78, 5) is 12.3. The van der Waals surface area contributed by atoms with E-state index >= 15 is 0 Å². The summed E-state index contributed by atoms with van der Waals surface area (Å²) in [6, 6.07) is 10.0. The number of alkyl halides is 3. The fourth-order valence-corrected chi connectivity index (χ4v) is 3.95. The summed E-state index contributed by atoms with van der Waals surface area (Å²) < 4.78 is 73.1. The Hall–Kier alpha value is -2.63. The van der Waals surface area contributed by atoms with Crippen LogP contribution in [0, 0.1) is 0 Å². The minimum absolute atomic E-state index is 0.0746. The van der Waals surface area contributed by atoms with E-state index in [-0.39, 0.29) is 28.8 Å². The number of anilines is 1. The third-order valence-electron chi connectivity index (χ3n) is 4.28. The molecule has 1 saturated heterocycles. The molecule has 0 bridgehead atoms. The van der Waals surface area contributed by atoms with Crippen LogP contribution in [0.3, 0.4) is 0 Å². The van der Waals surface area contributed by atoms with Gasteiger partial charge in [-0.25, -0.2) is 13.1 Å². The fraction of sp³-hybridized carbons (Fsp3) is 0.316. The Morgan fingerprint density at radius 3 is 2.53 bits per heavy atom. The van der Waals surface area contributed by atoms with Gasteiger partial charge in [0.2, 0.25) is 10.0 Å². The van der Waals surface area contributed by atoms with Crippen molar-refractivity contribution in [1.29, 1.82) is 0 Å². The number of carbonyl (C=O) groups is 1. The first kappa shape index (κ1) is 22.1. The number of rotatable bonds is 7. The van der Waals surface area contributed by atoms with Gasteiger partial charge in [0, 0.05) is 24.4 Å². The van der Waals surface area contributed by atoms with Crippen LogP contribution in [0.2, 0.25) is 0 Å². The lowest BCUT2D eigenvalue weighted by molar-refractivity contribution is -0.274. The van der Waals surface area contributed by atoms with Crippen LogP contribution in [0.1, 0.15) is 23.2 Å². The maximum Gasteiger partial charge on any atom is 0.573 e. The number of benzene rings is 2. The van der Waals surface area contributed by atoms with Gasteiger partial charge in [0.15, 0.2) is 0 Å². The molecule has 1 fully saturated rings. The number of amides is 1. The average molecular weight is 444 g/mol. The van der Waals surface area contributed by atoms with Gasteiger partial charge < -0.3 is 14.8 Å². The summed E-state index contributed by atoms with van der Waals surface area (Å²) >= 11 is 0. The number of ether oxygens (including phenoxy) is 2. The quantitative estimate of drug-likeness (QED) is 0.684. The van der Waals surface area contributed by atoms with Gasteiger partial charge in [-0.1, -0.05) is 6.07 Å². The van der Waals surface area contributed by atoms with Crippen molar-refractivity contribution in [2.24, 2.45) is 0 Å². The van der Waals surface area contributed by atoms with E-state index in [0.717, 1.165) is 25.0 Å². The standard InChI is InChI=1S/C19H19F3N2O5S/c20-19(21,22)29-15-8-6-14(7-9-15)24-18(25)13-3-1-5-17(11-13)30(26,27)23-12-16-4-2-10-28-16/h1,3,5-9,11,16,23H,2,4,10,12H2,(H,24,25). The van der Waals surface area contributed by atoms with Gasteiger partial charge in [-0.15, -0.1) is 13.2 Å². The van der Waals surface area contributed by atoms with E-state index in [0.29, 0.717) is 6.61 Å². The number of halogens is 3. The van der Waals surface area contributed by atoms with Crippen LogP contribution in [0.5, 0.6) is 5.75 Å². The lowest BCUT2D eigenvalue weighted by atomic mass is 10.2. The van der Waals surface area contributed by atoms with Crippen molar-refractivity contribution in [3.8, 4) is 5.75 Å². The second-order valence-electron chi connectivity index (χ2n) is 6.54. The summed E-state index contributed by atoms with van der Waals surface area (Å²) in [7, 11) is -3.83. The molecule has 1 unspecified atom stereocenters. The van der Waals surface area contributed by atoms with Crippen LogP contribution in [0.15, 0.2) is 53.4 Å². The Balaban J connectivity index is 1.65. The Bertz CT molecular complexity index is 988. The normalized spacial score (nSPS) is 17.0. The molecule has 0 radical (unpaired) electrons. The second-order valence-corrected chi connectivity index (χ2v) is 8.31. The highest BCUT2D eigenvalue weighted by Gasteiger charge is 2.31. The highest BCUT2D eigenvalue weighted by molar-refractivity contribution is 7.89. The lowest BCUT2D eigenvalue weighted by Gasteiger charge is -2.12. The molecule has 0 aliphatic carbocycles. The van der Waals surface area contributed by atoms with Crippen LogP contribution in [-0.4, -0.2) is 39.9 Å². The topological polar surface area (TPSA) is 93.7 Å². The van der Waals surface area contributed by atoms with Crippen molar-refractivity contribution in [2.75, 3.05) is 18.5 Å². The SMILES string of the molecule is O=C(Nc1ccc(OC(F)(F)F)cc1)c1cccc(S(=O)(=O)NCC2CCCO2)c1. The van der Waals surface area contributed by atoms with Gasteiger partial charge in [-0.2, -0.15) is 0 Å². The molecule has 1 aliphatic rings. The Morgan fingerprint density at radius 2 is 1.90 bits per heavy atom. The van der Waals surface area contributed by atoms with Gasteiger partial charge in [-0.3, -0.25) is 4.79 Å². The molecule has 0 saturated carbocycles. The molecule has 1 atom stereocenters. The lowest BCUT2D eigenvalue weighted by Crippen LogP contribution is -2.32. The summed E-state index contributed by atoms with van der Waals surface area (Å²) in [5.74, 6) is -1.04. The Labute approximate surface area is 171 Å². The largest absolute Gasteiger partial charge is 0.573 e. The molecule has 7 nitrogen and oxygen atoms in total. The molecule has 0 spiro atoms. The van der Waals surface area contributed by atoms with Crippen LogP contribution >= 0.6 is 0 Å². The molecule has 3 rings (SSSR count). The minimum atomic E-state index is -4.81. The van der Waals surface area contributed by atoms with Crippen molar-refractivity contribution >= 4 is 21.6 Å². The van der Waals surface area contributed by atoms with Gasteiger partial charge in [0.25, 0.3) is 5.91 Å². The predicted octanol–water partition coefficient (Wildman–Crippen LogP) is 3.29. The molecule has 0 aromatic heterocycles. The van der Waals surface area contributed by atoms with Crippen LogP contribution in [0.25, 0.3) is 0 Å². The summed E-state index contributed by atoms with van der Waals surface area (Å²) in [5.41, 5.74) is 0.296. The molecular formula is C19H19F3N2O5S. The molecule has 162 valence electrons. The molecule has 11 heteroatoms. The zero-order valence-corrected chi connectivity index (χ0v) is 16.4. The van der Waals surface area contributed by atoms with E-state index in [1.165, 1.54) is 36.4 Å². The summed E-state index contributed by atoms with van der Waals surface area (Å²) in [5, 5.41) is 2.49. The smallest absolute Gasteiger partial charge is 0.406 e. The highest BCUT2D eigenvalue weighted by Crippen LogP contribution is 2.24. The van der Waals surface area contributed by atoms with Crippen LogP contribution < -0.4 is 14.8 Å². The number of nitrogens with one attached hydrogen (secondary N) is 2. The first-order valence-corrected chi connectivity index (χ1v) is 10.5. The van der Waals surface area contributed by atoms with E-state index in [9.17, 15) is 26.4 Å². The maximum atomic E-state index is 12.5. The molecule has 2 aromatic rings. The van der Waals surface area contributed by atoms with Crippen molar-refractivity contribution in [2.45, 2.75) is 30.2 Å². The van der Waals surface area contributed by atoms with Crippen molar-refractivity contribution in [3.63, 3.8) is 0 Å². The zero-order chi connectivity index (χ0) is 21.8. The van der Waals surface area contributed by atoms with Gasteiger partial charge in [0.1, 0.15) is 5.75 Å². The number of hydrogen-bond acceptors (Lipinski definition) is 5. The molecule has 1 amide bonds. The minimum Gasteiger partial charge on any atom is -0.406 e. The third-order valence-corrected chi connectivity index (χ3v) is 5.70. The molecule has 30 heavy (non-hydrogen) atoms. The fourth-order valence-electron chi connectivity index (χ4n) is 2.84. The van der Waals surface area contributed by atoms with E-state index < -0.39 is 28.0 Å². The van der Waals surface area contributed by atoms with Crippen molar-refractivity contribution in [1.82, 2.24) is 4.72 Å². The third kappa shape index (κ3) is 6.18. The second kappa shape index (κ2) is 9.02. The summed E-state index contributed by atoms with van der Waals surface area (Å²) in [6.07, 6.45) is -3.33. The van der Waals surface area contributed by atoms with Crippen LogP contribution in [0.4, 0.5) is 18.9 Å². The Morgan fingerprint density at radius 1 is 1.17 bits per heavy atom. The molecule has 1 aliphatic heterocycles. The number of sulfonamides is 1. The van der Waals surface area contributed by atoms with E-state index in [1.807, 2.05) is 0 Å². The first-order valence-electron chi connectivity index (χ1n) is 9.01. The Kier molecular flexibility index (Phi) is 6.64. The predicted molar refractivity (Wildman–Crippen MR) is 102 cm³/mol. The van der Waals surface area contributed by atoms with Crippen LogP contribution in [-0.2, 0) is 14.8 Å².